The monoisotopic (exact) mass is 996 g/mol. The van der Waals surface area contributed by atoms with Crippen LogP contribution in [0, 0.1) is 0 Å². The molecule has 2 aliphatic rings. The maximum Gasteiger partial charge on any atom is 0.424 e. The molecule has 0 fully saturated rings. The summed E-state index contributed by atoms with van der Waals surface area (Å²) < 4.78 is 61.7. The zero-order chi connectivity index (χ0) is 48.9. The van der Waals surface area contributed by atoms with Crippen molar-refractivity contribution in [2.45, 2.75) is 89.7 Å². The third kappa shape index (κ3) is 14.8. The number of nitrogens with zero attached hydrogens (tertiary/aromatic N) is 5. The molecule has 0 saturated carbocycles. The molecule has 1 N–H and O–H groups in total. The predicted octanol–water partition coefficient (Wildman–Crippen LogP) is 9.85. The highest BCUT2D eigenvalue weighted by Gasteiger charge is 2.33. The maximum atomic E-state index is 12.6. The Morgan fingerprint density at radius 3 is 1.62 bits per heavy atom. The quantitative estimate of drug-likeness (QED) is 0.110. The normalized spacial score (nSPS) is 14.5. The molecule has 13 nitrogen and oxygen atoms in total. The highest BCUT2D eigenvalue weighted by Crippen LogP contribution is 2.30. The summed E-state index contributed by atoms with van der Waals surface area (Å²) in [4.78, 5) is 23.2. The van der Waals surface area contributed by atoms with E-state index in [1.54, 1.807) is 58.0 Å². The number of nitrogens with one attached hydrogen (secondary N) is 1. The van der Waals surface area contributed by atoms with E-state index in [4.69, 9.17) is 9.84 Å². The molecule has 0 spiro atoms. The second-order valence-corrected chi connectivity index (χ2v) is 23.0. The lowest BCUT2D eigenvalue weighted by molar-refractivity contribution is 0.0347. The van der Waals surface area contributed by atoms with Gasteiger partial charge in [0.1, 0.15) is 11.3 Å². The first kappa shape index (κ1) is 51.9. The van der Waals surface area contributed by atoms with E-state index < -0.39 is 37.8 Å². The number of rotatable bonds is 13. The molecular formula is C51H60N6O7S4. The minimum Gasteiger partial charge on any atom is -0.443 e. The van der Waals surface area contributed by atoms with Gasteiger partial charge < -0.3 is 4.74 Å². The number of fused-ring (bicyclic) bond motifs is 2. The number of benzene rings is 4. The van der Waals surface area contributed by atoms with Crippen LogP contribution in [-0.4, -0.2) is 76.4 Å². The van der Waals surface area contributed by atoms with Gasteiger partial charge in [0.25, 0.3) is 0 Å². The second-order valence-electron chi connectivity index (χ2n) is 17.4. The first-order valence-corrected chi connectivity index (χ1v) is 28.0. The minimum atomic E-state index is -3.73. The highest BCUT2D eigenvalue weighted by atomic mass is 32.2. The Bertz CT molecular complexity index is 2850. The molecule has 2 atom stereocenters. The molecule has 1 amide bonds. The summed E-state index contributed by atoms with van der Waals surface area (Å²) in [6.45, 7) is 10.0. The summed E-state index contributed by atoms with van der Waals surface area (Å²) in [5, 5.41) is 10.4. The zero-order valence-corrected chi connectivity index (χ0v) is 42.6. The highest BCUT2D eigenvalue weighted by molar-refractivity contribution is 7.98. The molecular weight excluding hydrogens is 937 g/mol. The van der Waals surface area contributed by atoms with Crippen LogP contribution in [0.1, 0.15) is 108 Å². The number of aromatic nitrogens is 4. The van der Waals surface area contributed by atoms with Crippen molar-refractivity contribution in [3.63, 3.8) is 0 Å². The maximum absolute atomic E-state index is 12.6. The first-order chi connectivity index (χ1) is 32.4. The van der Waals surface area contributed by atoms with E-state index in [9.17, 15) is 26.4 Å². The van der Waals surface area contributed by atoms with Gasteiger partial charge in [-0.1, -0.05) is 121 Å². The number of thioether (sulfide) groups is 2. The van der Waals surface area contributed by atoms with E-state index in [1.807, 2.05) is 113 Å². The van der Waals surface area contributed by atoms with Crippen LogP contribution in [0.25, 0.3) is 6.08 Å². The van der Waals surface area contributed by atoms with Crippen molar-refractivity contribution >= 4 is 62.0 Å². The van der Waals surface area contributed by atoms with E-state index in [0.717, 1.165) is 87.2 Å². The van der Waals surface area contributed by atoms with E-state index in [0.29, 0.717) is 12.2 Å². The molecule has 2 aliphatic heterocycles. The number of carbonyl (C=O) groups excluding carboxylic acids is 2. The lowest BCUT2D eigenvalue weighted by atomic mass is 10.1. The molecule has 4 aromatic carbocycles. The van der Waals surface area contributed by atoms with Gasteiger partial charge in [0.2, 0.25) is 20.0 Å². The van der Waals surface area contributed by atoms with Crippen molar-refractivity contribution in [2.75, 3.05) is 17.8 Å². The van der Waals surface area contributed by atoms with Crippen LogP contribution >= 0.6 is 23.5 Å². The Morgan fingerprint density at radius 1 is 0.721 bits per heavy atom. The molecule has 4 heterocycles. The number of hydrogen-bond acceptors (Lipinski definition) is 11. The van der Waals surface area contributed by atoms with Crippen molar-refractivity contribution < 1.29 is 31.2 Å². The molecule has 68 heavy (non-hydrogen) atoms. The fourth-order valence-electron chi connectivity index (χ4n) is 7.68. The molecule has 6 aromatic rings. The van der Waals surface area contributed by atoms with E-state index in [1.165, 1.54) is 27.9 Å². The molecule has 0 bridgehead atoms. The van der Waals surface area contributed by atoms with Gasteiger partial charge in [0, 0.05) is 45.5 Å². The summed E-state index contributed by atoms with van der Waals surface area (Å²) in [7, 11) is -7.32. The largest absolute Gasteiger partial charge is 0.443 e. The standard InChI is InChI=1S/C23H25N3O2S2.C14H14N2OS.C14H21NO4S/c1-18(20-10-6-3-7-11-20)25-30(27,28)15-13-22-21-17-29-14-12-23(21)26(24-22)16-19-8-4-2-5-9-19;17-9-13-12-10-18-7-6-14(12)16(15-13)8-11-4-2-1-3-5-11;1-11(12-9-7-6-8-10-12)15(20(5,17)18)13(16)19-14(2,3)4/h2-11,13,15,18,25H,12,14,16-17H2,1H3;1-5,9H,6-8,10H2;6-11H,1-5H3/b15-13+;;/t18-;;11-/m0.0/s1. The van der Waals surface area contributed by atoms with E-state index in [-0.39, 0.29) is 6.04 Å². The van der Waals surface area contributed by atoms with Gasteiger partial charge in [-0.3, -0.25) is 14.2 Å². The first-order valence-electron chi connectivity index (χ1n) is 22.3. The Hall–Kier alpha value is -5.46. The van der Waals surface area contributed by atoms with Crippen LogP contribution in [0.5, 0.6) is 0 Å². The number of carbonyl (C=O) groups is 2. The van der Waals surface area contributed by atoms with Gasteiger partial charge in [0.05, 0.1) is 31.1 Å². The molecule has 8 rings (SSSR count). The van der Waals surface area contributed by atoms with Crippen LogP contribution < -0.4 is 4.72 Å². The van der Waals surface area contributed by atoms with Crippen molar-refractivity contribution in [2.24, 2.45) is 0 Å². The SMILES string of the molecule is C[C@@H](c1ccccc1)N(C(=O)OC(C)(C)C)S(C)(=O)=O.C[C@H](NS(=O)(=O)/C=C/c1nn(Cc2ccccc2)c2c1CSCC2)c1ccccc1.O=Cc1nn(Cc2ccccc2)c2c1CSCC2. The van der Waals surface area contributed by atoms with Crippen molar-refractivity contribution in [3.05, 3.63) is 183 Å². The number of amides is 1. The van der Waals surface area contributed by atoms with Gasteiger partial charge in [-0.25, -0.2) is 26.4 Å². The fourth-order valence-corrected chi connectivity index (χ4v) is 11.7. The lowest BCUT2D eigenvalue weighted by Crippen LogP contribution is -2.41. The van der Waals surface area contributed by atoms with Crippen LogP contribution in [0.3, 0.4) is 0 Å². The number of ether oxygens (including phenoxy) is 1. The summed E-state index contributed by atoms with van der Waals surface area (Å²) in [6, 6.07) is 38.0. The van der Waals surface area contributed by atoms with E-state index in [2.05, 4.69) is 34.1 Å². The average Bonchev–Trinajstić information content (AvgIpc) is 3.86. The third-order valence-corrected chi connectivity index (χ3v) is 15.3. The molecule has 17 heteroatoms. The van der Waals surface area contributed by atoms with Crippen molar-refractivity contribution in [1.29, 1.82) is 0 Å². The van der Waals surface area contributed by atoms with Gasteiger partial charge in [0.15, 0.2) is 6.29 Å². The van der Waals surface area contributed by atoms with E-state index >= 15 is 0 Å². The van der Waals surface area contributed by atoms with Gasteiger partial charge in [-0.2, -0.15) is 38.0 Å². The van der Waals surface area contributed by atoms with Gasteiger partial charge in [-0.05, 0) is 87.3 Å². The number of aldehydes is 1. The fraction of sp³-hybridized carbons (Fsp3) is 0.333. The topological polar surface area (TPSA) is 163 Å². The third-order valence-electron chi connectivity index (χ3n) is 10.9. The molecule has 360 valence electrons. The smallest absolute Gasteiger partial charge is 0.424 e. The summed E-state index contributed by atoms with van der Waals surface area (Å²) >= 11 is 3.73. The van der Waals surface area contributed by atoms with Crippen LogP contribution in [0.15, 0.2) is 127 Å². The minimum absolute atomic E-state index is 0.305. The molecule has 0 unspecified atom stereocenters. The van der Waals surface area contributed by atoms with Gasteiger partial charge in [-0.15, -0.1) is 0 Å². The Labute approximate surface area is 409 Å². The average molecular weight is 997 g/mol. The van der Waals surface area contributed by atoms with Crippen LogP contribution in [0.4, 0.5) is 4.79 Å². The lowest BCUT2D eigenvalue weighted by Gasteiger charge is -2.30. The molecule has 2 aromatic heterocycles. The zero-order valence-electron chi connectivity index (χ0n) is 39.3. The van der Waals surface area contributed by atoms with Crippen molar-refractivity contribution in [1.82, 2.24) is 28.6 Å². The second kappa shape index (κ2) is 23.7. The Kier molecular flexibility index (Phi) is 18.1. The Balaban J connectivity index is 0.000000176. The Morgan fingerprint density at radius 2 is 1.16 bits per heavy atom. The molecule has 0 saturated heterocycles. The number of hydrogen-bond donors (Lipinski definition) is 1. The summed E-state index contributed by atoms with van der Waals surface area (Å²) in [5.41, 5.74) is 9.39. The number of sulfonamides is 2. The van der Waals surface area contributed by atoms with Crippen LogP contribution in [-0.2, 0) is 62.2 Å². The predicted molar refractivity (Wildman–Crippen MR) is 274 cm³/mol. The summed E-state index contributed by atoms with van der Waals surface area (Å²) in [6.07, 6.45) is 4.60. The molecule has 0 radical (unpaired) electrons. The van der Waals surface area contributed by atoms with Crippen LogP contribution in [0.2, 0.25) is 0 Å². The van der Waals surface area contributed by atoms with Gasteiger partial charge >= 0.3 is 6.09 Å². The van der Waals surface area contributed by atoms with Crippen molar-refractivity contribution in [3.8, 4) is 0 Å². The molecule has 0 aliphatic carbocycles. The summed E-state index contributed by atoms with van der Waals surface area (Å²) in [5.74, 6) is 3.95.